The van der Waals surface area contributed by atoms with Crippen molar-refractivity contribution in [2.24, 2.45) is 0 Å². The van der Waals surface area contributed by atoms with Gasteiger partial charge in [0.2, 0.25) is 0 Å². The summed E-state index contributed by atoms with van der Waals surface area (Å²) >= 11 is 3.45. The highest BCUT2D eigenvalue weighted by molar-refractivity contribution is 9.10. The highest BCUT2D eigenvalue weighted by atomic mass is 79.9. The van der Waals surface area contributed by atoms with Gasteiger partial charge in [-0.1, -0.05) is 15.9 Å². The summed E-state index contributed by atoms with van der Waals surface area (Å²) in [5, 5.41) is 3.24. The van der Waals surface area contributed by atoms with Crippen LogP contribution in [0.2, 0.25) is 0 Å². The minimum absolute atomic E-state index is 1.13. The maximum absolute atomic E-state index is 3.45. The fourth-order valence-corrected chi connectivity index (χ4v) is 1.73. The van der Waals surface area contributed by atoms with Crippen LogP contribution >= 0.6 is 15.9 Å². The first-order valence-corrected chi connectivity index (χ1v) is 4.52. The molecule has 0 saturated heterocycles. The molecule has 0 aromatic heterocycles. The third-order valence-corrected chi connectivity index (χ3v) is 2.38. The molecule has 1 aromatic rings. The van der Waals surface area contributed by atoms with E-state index in [1.807, 2.05) is 0 Å². The van der Waals surface area contributed by atoms with E-state index in [1.54, 1.807) is 0 Å². The van der Waals surface area contributed by atoms with Crippen molar-refractivity contribution in [2.75, 3.05) is 5.32 Å². The van der Waals surface area contributed by atoms with E-state index in [4.69, 9.17) is 0 Å². The molecule has 1 heterocycles. The molecule has 1 N–H and O–H groups in total. The SMILES string of the molecule is Brc1ccc2c(c1)CC[CH]N2. The van der Waals surface area contributed by atoms with E-state index >= 15 is 0 Å². The van der Waals surface area contributed by atoms with Gasteiger partial charge in [0.1, 0.15) is 0 Å². The van der Waals surface area contributed by atoms with Crippen LogP contribution in [0.3, 0.4) is 0 Å². The number of rotatable bonds is 0. The van der Waals surface area contributed by atoms with Gasteiger partial charge in [-0.2, -0.15) is 0 Å². The van der Waals surface area contributed by atoms with E-state index in [9.17, 15) is 0 Å². The summed E-state index contributed by atoms with van der Waals surface area (Å²) in [5.74, 6) is 0. The molecule has 1 radical (unpaired) electrons. The van der Waals surface area contributed by atoms with E-state index in [2.05, 4.69) is 46.0 Å². The van der Waals surface area contributed by atoms with E-state index in [-0.39, 0.29) is 0 Å². The maximum atomic E-state index is 3.45. The summed E-state index contributed by atoms with van der Waals surface area (Å²) in [4.78, 5) is 0. The Morgan fingerprint density at radius 3 is 3.18 bits per heavy atom. The van der Waals surface area contributed by atoms with Gasteiger partial charge in [0.25, 0.3) is 0 Å². The molecule has 0 amide bonds. The molecule has 0 atom stereocenters. The quantitative estimate of drug-likeness (QED) is 0.695. The average Bonchev–Trinajstić information content (AvgIpc) is 2.04. The van der Waals surface area contributed by atoms with Crippen molar-refractivity contribution in [3.05, 3.63) is 34.8 Å². The molecule has 0 aliphatic carbocycles. The number of benzene rings is 1. The Bertz CT molecular complexity index is 270. The summed E-state index contributed by atoms with van der Waals surface area (Å²) in [5.41, 5.74) is 2.65. The van der Waals surface area contributed by atoms with Gasteiger partial charge in [-0.25, -0.2) is 0 Å². The normalized spacial score (nSPS) is 15.4. The summed E-state index contributed by atoms with van der Waals surface area (Å²) in [6.45, 7) is 2.11. The van der Waals surface area contributed by atoms with Crippen LogP contribution in [0.25, 0.3) is 0 Å². The summed E-state index contributed by atoms with van der Waals surface area (Å²) < 4.78 is 1.17. The lowest BCUT2D eigenvalue weighted by Crippen LogP contribution is -2.06. The average molecular weight is 211 g/mol. The Balaban J connectivity index is 2.43. The topological polar surface area (TPSA) is 12.0 Å². The van der Waals surface area contributed by atoms with Crippen molar-refractivity contribution in [1.29, 1.82) is 0 Å². The van der Waals surface area contributed by atoms with Crippen LogP contribution in [0.5, 0.6) is 0 Å². The third-order valence-electron chi connectivity index (χ3n) is 1.88. The molecule has 1 aliphatic heterocycles. The van der Waals surface area contributed by atoms with Gasteiger partial charge >= 0.3 is 0 Å². The lowest BCUT2D eigenvalue weighted by molar-refractivity contribution is 0.908. The van der Waals surface area contributed by atoms with Crippen LogP contribution in [-0.2, 0) is 6.42 Å². The number of halogens is 1. The fraction of sp³-hybridized carbons (Fsp3) is 0.222. The first kappa shape index (κ1) is 7.17. The minimum atomic E-state index is 1.13. The zero-order valence-electron chi connectivity index (χ0n) is 6.10. The molecule has 2 rings (SSSR count). The number of hydrogen-bond acceptors (Lipinski definition) is 1. The number of fused-ring (bicyclic) bond motifs is 1. The second-order valence-electron chi connectivity index (χ2n) is 2.69. The molecular formula is C9H9BrN. The Kier molecular flexibility index (Phi) is 1.86. The second-order valence-corrected chi connectivity index (χ2v) is 3.60. The van der Waals surface area contributed by atoms with Gasteiger partial charge < -0.3 is 5.32 Å². The minimum Gasteiger partial charge on any atom is -0.380 e. The number of aryl methyl sites for hydroxylation is 1. The molecule has 1 aromatic carbocycles. The summed E-state index contributed by atoms with van der Waals surface area (Å²) in [6, 6.07) is 6.34. The Hall–Kier alpha value is -0.500. The van der Waals surface area contributed by atoms with E-state index in [0.29, 0.717) is 0 Å². The van der Waals surface area contributed by atoms with Crippen LogP contribution in [0, 0.1) is 6.54 Å². The van der Waals surface area contributed by atoms with Crippen molar-refractivity contribution < 1.29 is 0 Å². The third kappa shape index (κ3) is 1.41. The predicted octanol–water partition coefficient (Wildman–Crippen LogP) is 2.97. The molecule has 2 heteroatoms. The number of anilines is 1. The van der Waals surface area contributed by atoms with Gasteiger partial charge in [0.05, 0.1) is 0 Å². The Morgan fingerprint density at radius 2 is 2.27 bits per heavy atom. The molecule has 0 fully saturated rings. The molecule has 0 saturated carbocycles. The van der Waals surface area contributed by atoms with Crippen molar-refractivity contribution in [2.45, 2.75) is 12.8 Å². The van der Waals surface area contributed by atoms with Crippen molar-refractivity contribution >= 4 is 21.6 Å². The van der Waals surface area contributed by atoms with E-state index in [1.165, 1.54) is 15.7 Å². The van der Waals surface area contributed by atoms with Crippen LogP contribution < -0.4 is 5.32 Å². The molecule has 11 heavy (non-hydrogen) atoms. The van der Waals surface area contributed by atoms with Gasteiger partial charge in [-0.3, -0.25) is 0 Å². The predicted molar refractivity (Wildman–Crippen MR) is 50.4 cm³/mol. The van der Waals surface area contributed by atoms with Gasteiger partial charge in [0, 0.05) is 16.7 Å². The van der Waals surface area contributed by atoms with Gasteiger partial charge in [0.15, 0.2) is 0 Å². The van der Waals surface area contributed by atoms with Crippen LogP contribution in [-0.4, -0.2) is 0 Å². The van der Waals surface area contributed by atoms with Crippen molar-refractivity contribution in [3.63, 3.8) is 0 Å². The van der Waals surface area contributed by atoms with Gasteiger partial charge in [-0.05, 0) is 36.6 Å². The lowest BCUT2D eigenvalue weighted by atomic mass is 10.0. The van der Waals surface area contributed by atoms with Crippen LogP contribution in [0.15, 0.2) is 22.7 Å². The van der Waals surface area contributed by atoms with Crippen LogP contribution in [0.4, 0.5) is 5.69 Å². The largest absolute Gasteiger partial charge is 0.380 e. The highest BCUT2D eigenvalue weighted by Crippen LogP contribution is 2.26. The first-order chi connectivity index (χ1) is 5.36. The zero-order chi connectivity index (χ0) is 7.68. The van der Waals surface area contributed by atoms with Crippen LogP contribution in [0.1, 0.15) is 12.0 Å². The summed E-state index contributed by atoms with van der Waals surface area (Å²) in [7, 11) is 0. The number of nitrogens with one attached hydrogen (secondary N) is 1. The molecule has 0 bridgehead atoms. The van der Waals surface area contributed by atoms with E-state index in [0.717, 1.165) is 12.8 Å². The molecule has 57 valence electrons. The second kappa shape index (κ2) is 2.86. The highest BCUT2D eigenvalue weighted by Gasteiger charge is 2.07. The smallest absolute Gasteiger partial charge is 0.0466 e. The zero-order valence-corrected chi connectivity index (χ0v) is 7.69. The molecule has 0 spiro atoms. The molecule has 1 nitrogen and oxygen atoms in total. The Labute approximate surface area is 74.9 Å². The fourth-order valence-electron chi connectivity index (χ4n) is 1.32. The Morgan fingerprint density at radius 1 is 1.36 bits per heavy atom. The molecule has 0 unspecified atom stereocenters. The lowest BCUT2D eigenvalue weighted by Gasteiger charge is -2.16. The maximum Gasteiger partial charge on any atom is 0.0466 e. The molecular weight excluding hydrogens is 202 g/mol. The monoisotopic (exact) mass is 210 g/mol. The van der Waals surface area contributed by atoms with Crippen molar-refractivity contribution in [1.82, 2.24) is 0 Å². The first-order valence-electron chi connectivity index (χ1n) is 3.73. The van der Waals surface area contributed by atoms with Gasteiger partial charge in [-0.15, -0.1) is 0 Å². The van der Waals surface area contributed by atoms with E-state index < -0.39 is 0 Å². The number of hydrogen-bond donors (Lipinski definition) is 1. The van der Waals surface area contributed by atoms with Crippen molar-refractivity contribution in [3.8, 4) is 0 Å². The summed E-state index contributed by atoms with van der Waals surface area (Å²) in [6.07, 6.45) is 2.28. The standard InChI is InChI=1S/C9H9BrN/c10-8-3-4-9-7(6-8)2-1-5-11-9/h3-6,11H,1-2H2. The molecule has 1 aliphatic rings.